The lowest BCUT2D eigenvalue weighted by Crippen LogP contribution is -2.17. The number of fused-ring (bicyclic) bond motifs is 7. The monoisotopic (exact) mass is 591 g/mol. The molecule has 2 aliphatic carbocycles. The van der Waals surface area contributed by atoms with E-state index in [-0.39, 0.29) is 10.8 Å². The summed E-state index contributed by atoms with van der Waals surface area (Å²) < 4.78 is 0. The van der Waals surface area contributed by atoms with Gasteiger partial charge in [-0.25, -0.2) is 4.98 Å². The minimum atomic E-state index is -0.207. The molecule has 3 heterocycles. The van der Waals surface area contributed by atoms with Crippen LogP contribution >= 0.6 is 0 Å². The first-order valence-corrected chi connectivity index (χ1v) is 16.0. The summed E-state index contributed by atoms with van der Waals surface area (Å²) in [6.07, 6.45) is 3.96. The van der Waals surface area contributed by atoms with Crippen molar-refractivity contribution in [2.24, 2.45) is 0 Å². The summed E-state index contributed by atoms with van der Waals surface area (Å²) in [5, 5.41) is 2.43. The van der Waals surface area contributed by atoms with Crippen molar-refractivity contribution in [3.05, 3.63) is 150 Å². The normalized spacial score (nSPS) is 14.9. The Morgan fingerprint density at radius 3 is 1.85 bits per heavy atom. The molecule has 0 aliphatic heterocycles. The average molecular weight is 592 g/mol. The highest BCUT2D eigenvalue weighted by Crippen LogP contribution is 2.55. The quantitative estimate of drug-likeness (QED) is 0.205. The van der Waals surface area contributed by atoms with Crippen molar-refractivity contribution in [3.8, 4) is 56.2 Å². The van der Waals surface area contributed by atoms with Gasteiger partial charge in [-0.2, -0.15) is 0 Å². The molecule has 0 atom stereocenters. The highest BCUT2D eigenvalue weighted by atomic mass is 14.7. The second kappa shape index (κ2) is 9.55. The number of aromatic nitrogens is 3. The van der Waals surface area contributed by atoms with Crippen molar-refractivity contribution in [2.75, 3.05) is 0 Å². The van der Waals surface area contributed by atoms with Gasteiger partial charge in [0.25, 0.3) is 0 Å². The molecular weight excluding hydrogens is 558 g/mol. The number of nitrogens with zero attached hydrogens (tertiary/aromatic N) is 3. The third-order valence-electron chi connectivity index (χ3n) is 10.3. The number of rotatable bonds is 3. The molecule has 0 saturated heterocycles. The van der Waals surface area contributed by atoms with Gasteiger partial charge >= 0.3 is 0 Å². The van der Waals surface area contributed by atoms with Gasteiger partial charge < -0.3 is 0 Å². The molecule has 2 aliphatic rings. The van der Waals surface area contributed by atoms with Gasteiger partial charge in [0.1, 0.15) is 0 Å². The van der Waals surface area contributed by atoms with Crippen LogP contribution in [0.3, 0.4) is 0 Å². The lowest BCUT2D eigenvalue weighted by atomic mass is 9.79. The number of pyridine rings is 3. The summed E-state index contributed by atoms with van der Waals surface area (Å²) in [6.45, 7) is 9.28. The maximum Gasteiger partial charge on any atom is 0.0746 e. The Balaban J connectivity index is 1.20. The molecule has 9 rings (SSSR count). The fraction of sp³-hybridized carbons (Fsp3) is 0.140. The van der Waals surface area contributed by atoms with E-state index in [0.717, 1.165) is 45.0 Å². The first-order chi connectivity index (χ1) is 22.3. The molecule has 4 aromatic carbocycles. The number of hydrogen-bond donors (Lipinski definition) is 0. The van der Waals surface area contributed by atoms with Gasteiger partial charge in [-0.15, -0.1) is 0 Å². The van der Waals surface area contributed by atoms with E-state index in [2.05, 4.69) is 137 Å². The molecule has 0 bridgehead atoms. The molecule has 0 amide bonds. The third-order valence-corrected chi connectivity index (χ3v) is 10.3. The topological polar surface area (TPSA) is 38.7 Å². The molecule has 0 unspecified atom stereocenters. The van der Waals surface area contributed by atoms with Gasteiger partial charge in [-0.1, -0.05) is 100 Å². The Bertz CT molecular complexity index is 2370. The van der Waals surface area contributed by atoms with Crippen LogP contribution in [0, 0.1) is 0 Å². The van der Waals surface area contributed by atoms with E-state index in [1.165, 1.54) is 44.2 Å². The van der Waals surface area contributed by atoms with Crippen LogP contribution in [-0.2, 0) is 10.8 Å². The fourth-order valence-corrected chi connectivity index (χ4v) is 7.70. The molecule has 3 aromatic heterocycles. The standard InChI is InChI=1S/C43H33N3/c1-42(2)34-15-10-18-44-40(34)32-23-36-33(24-35(32)42)41-37(43(36,3)4)20-31(25-45-41)30-21-38(27-12-6-5-7-13-27)46-39(22-30)29-17-16-26-11-8-9-14-28(26)19-29/h5-25H,1-4H3. The van der Waals surface area contributed by atoms with Crippen molar-refractivity contribution in [1.29, 1.82) is 0 Å². The van der Waals surface area contributed by atoms with Crippen LogP contribution in [0.25, 0.3) is 66.9 Å². The van der Waals surface area contributed by atoms with E-state index in [1.807, 2.05) is 18.5 Å². The van der Waals surface area contributed by atoms with Crippen molar-refractivity contribution >= 4 is 10.8 Å². The molecule has 0 N–H and O–H groups in total. The Hall–Kier alpha value is -5.41. The van der Waals surface area contributed by atoms with Gasteiger partial charge in [-0.05, 0) is 81.1 Å². The predicted molar refractivity (Wildman–Crippen MR) is 189 cm³/mol. The van der Waals surface area contributed by atoms with E-state index in [9.17, 15) is 0 Å². The molecule has 0 saturated carbocycles. The Kier molecular flexibility index (Phi) is 5.59. The molecule has 3 nitrogen and oxygen atoms in total. The summed E-state index contributed by atoms with van der Waals surface area (Å²) in [5.74, 6) is 0. The SMILES string of the molecule is CC1(C)c2cc3c(cc2-c2ncccc21)C(C)(C)c1cc(-c2cc(-c4ccccc4)nc(-c4ccc5ccccc5c4)c2)cnc1-3. The summed E-state index contributed by atoms with van der Waals surface area (Å²) in [7, 11) is 0. The third kappa shape index (κ3) is 3.88. The Morgan fingerprint density at radius 2 is 1.09 bits per heavy atom. The van der Waals surface area contributed by atoms with Gasteiger partial charge in [0.15, 0.2) is 0 Å². The minimum Gasteiger partial charge on any atom is -0.256 e. The lowest BCUT2D eigenvalue weighted by Gasteiger charge is -2.24. The molecule has 0 spiro atoms. The average Bonchev–Trinajstić information content (AvgIpc) is 3.46. The first-order valence-electron chi connectivity index (χ1n) is 16.0. The van der Waals surface area contributed by atoms with E-state index in [0.29, 0.717) is 0 Å². The van der Waals surface area contributed by atoms with Crippen LogP contribution in [0.2, 0.25) is 0 Å². The largest absolute Gasteiger partial charge is 0.256 e. The minimum absolute atomic E-state index is 0.106. The lowest BCUT2D eigenvalue weighted by molar-refractivity contribution is 0.651. The van der Waals surface area contributed by atoms with Crippen molar-refractivity contribution in [2.45, 2.75) is 38.5 Å². The van der Waals surface area contributed by atoms with Crippen molar-refractivity contribution < 1.29 is 0 Å². The van der Waals surface area contributed by atoms with Gasteiger partial charge in [0, 0.05) is 51.0 Å². The van der Waals surface area contributed by atoms with Gasteiger partial charge in [0.2, 0.25) is 0 Å². The van der Waals surface area contributed by atoms with Crippen molar-refractivity contribution in [3.63, 3.8) is 0 Å². The van der Waals surface area contributed by atoms with Crippen LogP contribution in [0.15, 0.2) is 128 Å². The molecular formula is C43H33N3. The highest BCUT2D eigenvalue weighted by Gasteiger charge is 2.42. The molecule has 3 heteroatoms. The van der Waals surface area contributed by atoms with Crippen LogP contribution in [-0.4, -0.2) is 15.0 Å². The highest BCUT2D eigenvalue weighted by molar-refractivity contribution is 5.90. The zero-order chi connectivity index (χ0) is 31.2. The van der Waals surface area contributed by atoms with E-state index >= 15 is 0 Å². The summed E-state index contributed by atoms with van der Waals surface area (Å²) >= 11 is 0. The van der Waals surface area contributed by atoms with E-state index in [4.69, 9.17) is 15.0 Å². The zero-order valence-corrected chi connectivity index (χ0v) is 26.5. The summed E-state index contributed by atoms with van der Waals surface area (Å²) in [5.41, 5.74) is 15.9. The Labute approximate surface area is 269 Å². The maximum atomic E-state index is 5.20. The first kappa shape index (κ1) is 26.9. The second-order valence-corrected chi connectivity index (χ2v) is 13.8. The number of benzene rings is 4. The van der Waals surface area contributed by atoms with Crippen LogP contribution in [0.5, 0.6) is 0 Å². The van der Waals surface area contributed by atoms with E-state index in [1.54, 1.807) is 0 Å². The van der Waals surface area contributed by atoms with Gasteiger partial charge in [0.05, 0.1) is 22.8 Å². The zero-order valence-electron chi connectivity index (χ0n) is 26.5. The number of hydrogen-bond acceptors (Lipinski definition) is 3. The van der Waals surface area contributed by atoms with Gasteiger partial charge in [-0.3, -0.25) is 9.97 Å². The summed E-state index contributed by atoms with van der Waals surface area (Å²) in [4.78, 5) is 15.2. The smallest absolute Gasteiger partial charge is 0.0746 e. The fourth-order valence-electron chi connectivity index (χ4n) is 7.70. The van der Waals surface area contributed by atoms with Crippen molar-refractivity contribution in [1.82, 2.24) is 15.0 Å². The summed E-state index contributed by atoms with van der Waals surface area (Å²) in [6, 6.07) is 41.4. The Morgan fingerprint density at radius 1 is 0.435 bits per heavy atom. The van der Waals surface area contributed by atoms with E-state index < -0.39 is 0 Å². The second-order valence-electron chi connectivity index (χ2n) is 13.8. The van der Waals surface area contributed by atoms with Crippen LogP contribution < -0.4 is 0 Å². The van der Waals surface area contributed by atoms with Crippen LogP contribution in [0.4, 0.5) is 0 Å². The molecule has 220 valence electrons. The molecule has 0 fully saturated rings. The predicted octanol–water partition coefficient (Wildman–Crippen LogP) is 10.6. The van der Waals surface area contributed by atoms with Crippen LogP contribution in [0.1, 0.15) is 49.9 Å². The molecule has 46 heavy (non-hydrogen) atoms. The maximum absolute atomic E-state index is 5.20. The molecule has 0 radical (unpaired) electrons. The molecule has 7 aromatic rings.